The number of alkyl halides is 1. The fraction of sp³-hybridized carbons (Fsp3) is 0.100. The van der Waals surface area contributed by atoms with Gasteiger partial charge in [0.05, 0.1) is 11.5 Å². The SMILES string of the molecule is ON=Cc1cccc(C#CCBr)c1. The van der Waals surface area contributed by atoms with E-state index in [-0.39, 0.29) is 0 Å². The molecule has 3 heteroatoms. The standard InChI is InChI=1S/C10H8BrNO/c11-6-2-5-9-3-1-4-10(7-9)8-12-13/h1,3-4,7-8,13H,6H2. The molecule has 0 aliphatic rings. The maximum Gasteiger partial charge on any atom is 0.0734 e. The highest BCUT2D eigenvalue weighted by atomic mass is 79.9. The largest absolute Gasteiger partial charge is 0.411 e. The fourth-order valence-corrected chi connectivity index (χ4v) is 1.04. The molecule has 1 rings (SSSR count). The fourth-order valence-electron chi connectivity index (χ4n) is 0.899. The summed E-state index contributed by atoms with van der Waals surface area (Å²) in [6.07, 6.45) is 1.37. The minimum Gasteiger partial charge on any atom is -0.411 e. The van der Waals surface area contributed by atoms with Crippen LogP contribution in [0.4, 0.5) is 0 Å². The Morgan fingerprint density at radius 3 is 3.08 bits per heavy atom. The van der Waals surface area contributed by atoms with Crippen molar-refractivity contribution in [1.29, 1.82) is 0 Å². The second kappa shape index (κ2) is 5.39. The van der Waals surface area contributed by atoms with Gasteiger partial charge in [0.1, 0.15) is 0 Å². The number of halogens is 1. The molecule has 0 aliphatic carbocycles. The molecule has 0 heterocycles. The van der Waals surface area contributed by atoms with Crippen molar-refractivity contribution in [2.24, 2.45) is 5.16 Å². The lowest BCUT2D eigenvalue weighted by atomic mass is 10.1. The molecule has 0 bridgehead atoms. The van der Waals surface area contributed by atoms with E-state index < -0.39 is 0 Å². The summed E-state index contributed by atoms with van der Waals surface area (Å²) in [6.45, 7) is 0. The number of nitrogens with zero attached hydrogens (tertiary/aromatic N) is 1. The Hall–Kier alpha value is -1.27. The van der Waals surface area contributed by atoms with Crippen LogP contribution < -0.4 is 0 Å². The number of hydrogen-bond acceptors (Lipinski definition) is 2. The van der Waals surface area contributed by atoms with Gasteiger partial charge in [-0.3, -0.25) is 0 Å². The Balaban J connectivity index is 2.91. The first-order chi connectivity index (χ1) is 6.36. The van der Waals surface area contributed by atoms with Gasteiger partial charge in [0.2, 0.25) is 0 Å². The van der Waals surface area contributed by atoms with Crippen LogP contribution in [0.25, 0.3) is 0 Å². The van der Waals surface area contributed by atoms with Gasteiger partial charge in [0.15, 0.2) is 0 Å². The molecule has 1 aromatic rings. The molecule has 0 aliphatic heterocycles. The number of hydrogen-bond donors (Lipinski definition) is 1. The van der Waals surface area contributed by atoms with E-state index in [1.54, 1.807) is 0 Å². The predicted molar refractivity (Wildman–Crippen MR) is 56.5 cm³/mol. The first-order valence-electron chi connectivity index (χ1n) is 3.69. The summed E-state index contributed by atoms with van der Waals surface area (Å²) in [5.41, 5.74) is 1.75. The number of oxime groups is 1. The number of benzene rings is 1. The minimum absolute atomic E-state index is 0.658. The zero-order valence-corrected chi connectivity index (χ0v) is 8.45. The van der Waals surface area contributed by atoms with Crippen molar-refractivity contribution in [1.82, 2.24) is 0 Å². The molecular weight excluding hydrogens is 230 g/mol. The lowest BCUT2D eigenvalue weighted by molar-refractivity contribution is 0.322. The van der Waals surface area contributed by atoms with Crippen LogP contribution in [0.2, 0.25) is 0 Å². The third-order valence-corrected chi connectivity index (χ3v) is 1.67. The van der Waals surface area contributed by atoms with Crippen LogP contribution in [-0.2, 0) is 0 Å². The van der Waals surface area contributed by atoms with Crippen molar-refractivity contribution >= 4 is 22.1 Å². The van der Waals surface area contributed by atoms with Crippen molar-refractivity contribution in [2.75, 3.05) is 5.33 Å². The highest BCUT2D eigenvalue weighted by Crippen LogP contribution is 2.01. The Morgan fingerprint density at radius 1 is 1.54 bits per heavy atom. The smallest absolute Gasteiger partial charge is 0.0734 e. The average Bonchev–Trinajstić information content (AvgIpc) is 2.16. The van der Waals surface area contributed by atoms with Gasteiger partial charge >= 0.3 is 0 Å². The summed E-state index contributed by atoms with van der Waals surface area (Å²) in [5.74, 6) is 5.85. The van der Waals surface area contributed by atoms with E-state index in [4.69, 9.17) is 5.21 Å². The monoisotopic (exact) mass is 237 g/mol. The molecule has 0 spiro atoms. The maximum atomic E-state index is 8.31. The first-order valence-corrected chi connectivity index (χ1v) is 4.81. The molecule has 0 radical (unpaired) electrons. The topological polar surface area (TPSA) is 32.6 Å². The molecule has 0 atom stereocenters. The van der Waals surface area contributed by atoms with Crippen LogP contribution in [-0.4, -0.2) is 16.8 Å². The highest BCUT2D eigenvalue weighted by molar-refractivity contribution is 9.09. The van der Waals surface area contributed by atoms with Crippen molar-refractivity contribution < 1.29 is 5.21 Å². The molecular formula is C10H8BrNO. The molecule has 0 amide bonds. The van der Waals surface area contributed by atoms with E-state index in [2.05, 4.69) is 32.9 Å². The quantitative estimate of drug-likeness (QED) is 0.263. The van der Waals surface area contributed by atoms with Gasteiger partial charge in [-0.2, -0.15) is 0 Å². The summed E-state index contributed by atoms with van der Waals surface area (Å²) in [7, 11) is 0. The number of rotatable bonds is 1. The zero-order chi connectivity index (χ0) is 9.52. The highest BCUT2D eigenvalue weighted by Gasteiger charge is 1.89. The normalized spacial score (nSPS) is 9.62. The van der Waals surface area contributed by atoms with Crippen LogP contribution in [0.3, 0.4) is 0 Å². The van der Waals surface area contributed by atoms with Crippen LogP contribution >= 0.6 is 15.9 Å². The molecule has 1 N–H and O–H groups in total. The summed E-state index contributed by atoms with van der Waals surface area (Å²) in [5, 5.41) is 11.9. The second-order valence-electron chi connectivity index (χ2n) is 2.31. The van der Waals surface area contributed by atoms with Crippen LogP contribution in [0.1, 0.15) is 11.1 Å². The van der Waals surface area contributed by atoms with E-state index in [0.717, 1.165) is 11.1 Å². The van der Waals surface area contributed by atoms with Crippen molar-refractivity contribution in [3.8, 4) is 11.8 Å². The molecule has 0 fully saturated rings. The lowest BCUT2D eigenvalue weighted by Crippen LogP contribution is -1.82. The molecule has 0 aromatic heterocycles. The first kappa shape index (κ1) is 9.82. The van der Waals surface area contributed by atoms with Gasteiger partial charge in [-0.1, -0.05) is 45.1 Å². The predicted octanol–water partition coefficient (Wildman–Crippen LogP) is 2.24. The third-order valence-electron chi connectivity index (χ3n) is 1.39. The van der Waals surface area contributed by atoms with Gasteiger partial charge in [-0.15, -0.1) is 0 Å². The average molecular weight is 238 g/mol. The van der Waals surface area contributed by atoms with Gasteiger partial charge in [-0.05, 0) is 17.7 Å². The van der Waals surface area contributed by atoms with Crippen molar-refractivity contribution in [3.63, 3.8) is 0 Å². The Morgan fingerprint density at radius 2 is 2.38 bits per heavy atom. The Kier molecular flexibility index (Phi) is 4.07. The third kappa shape index (κ3) is 3.30. The minimum atomic E-state index is 0.658. The van der Waals surface area contributed by atoms with Gasteiger partial charge < -0.3 is 5.21 Å². The summed E-state index contributed by atoms with van der Waals surface area (Å²) in [6, 6.07) is 7.48. The summed E-state index contributed by atoms with van der Waals surface area (Å²) < 4.78 is 0. The summed E-state index contributed by atoms with van der Waals surface area (Å²) in [4.78, 5) is 0. The van der Waals surface area contributed by atoms with Gasteiger partial charge in [0.25, 0.3) is 0 Å². The van der Waals surface area contributed by atoms with Crippen molar-refractivity contribution in [2.45, 2.75) is 0 Å². The molecule has 0 unspecified atom stereocenters. The van der Waals surface area contributed by atoms with Gasteiger partial charge in [-0.25, -0.2) is 0 Å². The molecule has 1 aromatic carbocycles. The molecule has 66 valence electrons. The summed E-state index contributed by atoms with van der Waals surface area (Å²) >= 11 is 3.22. The molecule has 13 heavy (non-hydrogen) atoms. The van der Waals surface area contributed by atoms with E-state index in [1.807, 2.05) is 24.3 Å². The van der Waals surface area contributed by atoms with Crippen LogP contribution in [0, 0.1) is 11.8 Å². The van der Waals surface area contributed by atoms with E-state index >= 15 is 0 Å². The van der Waals surface area contributed by atoms with Crippen LogP contribution in [0.5, 0.6) is 0 Å². The molecule has 0 saturated carbocycles. The Labute approximate surface area is 85.4 Å². The molecule has 2 nitrogen and oxygen atoms in total. The second-order valence-corrected chi connectivity index (χ2v) is 2.87. The van der Waals surface area contributed by atoms with Gasteiger partial charge in [0, 0.05) is 5.56 Å². The molecule has 0 saturated heterocycles. The Bertz CT molecular complexity index is 363. The lowest BCUT2D eigenvalue weighted by Gasteiger charge is -1.92. The van der Waals surface area contributed by atoms with E-state index in [9.17, 15) is 0 Å². The van der Waals surface area contributed by atoms with Crippen LogP contribution in [0.15, 0.2) is 29.4 Å². The maximum absolute atomic E-state index is 8.31. The van der Waals surface area contributed by atoms with E-state index in [0.29, 0.717) is 5.33 Å². The zero-order valence-electron chi connectivity index (χ0n) is 6.87. The van der Waals surface area contributed by atoms with E-state index in [1.165, 1.54) is 6.21 Å². The van der Waals surface area contributed by atoms with Crippen molar-refractivity contribution in [3.05, 3.63) is 35.4 Å².